The summed E-state index contributed by atoms with van der Waals surface area (Å²) in [5, 5.41) is 14.4. The highest BCUT2D eigenvalue weighted by Gasteiger charge is 2.38. The molecule has 0 bridgehead atoms. The van der Waals surface area contributed by atoms with Crippen LogP contribution in [0.5, 0.6) is 0 Å². The molecule has 1 aliphatic rings. The highest BCUT2D eigenvalue weighted by Crippen LogP contribution is 2.34. The molecule has 1 aliphatic heterocycles. The second kappa shape index (κ2) is 12.9. The van der Waals surface area contributed by atoms with Gasteiger partial charge in [0, 0.05) is 17.0 Å². The van der Waals surface area contributed by atoms with E-state index in [1.165, 1.54) is 16.0 Å². The first-order valence-electron chi connectivity index (χ1n) is 10.4. The van der Waals surface area contributed by atoms with E-state index in [4.69, 9.17) is 21.5 Å². The second-order valence-electron chi connectivity index (χ2n) is 7.39. The largest absolute Gasteiger partial charge is 0.490 e. The molecule has 0 radical (unpaired) electrons. The summed E-state index contributed by atoms with van der Waals surface area (Å²) < 4.78 is 31.7. The standard InChI is InChI=1S/C21H25ClN2OS.C2HF3O2/c1-15-3-5-17(6-4-15)21(25)24-11-2-14-26-20-18-10-13-23-12-9-16(18)7-8-19(20)22;3-2(4,5)1(6)7/h3-8,23H,2,9-14H2,1H3,(H,24,25);(H,6,7). The van der Waals surface area contributed by atoms with E-state index in [2.05, 4.69) is 16.7 Å². The van der Waals surface area contributed by atoms with Gasteiger partial charge in [-0.1, -0.05) is 35.4 Å². The average molecular weight is 503 g/mol. The molecular weight excluding hydrogens is 477 g/mol. The molecule has 0 atom stereocenters. The van der Waals surface area contributed by atoms with Crippen LogP contribution in [0.1, 0.15) is 33.5 Å². The summed E-state index contributed by atoms with van der Waals surface area (Å²) in [6.07, 6.45) is -2.07. The number of benzene rings is 2. The third-order valence-corrected chi connectivity index (χ3v) is 6.52. The summed E-state index contributed by atoms with van der Waals surface area (Å²) in [5.41, 5.74) is 4.69. The zero-order chi connectivity index (χ0) is 24.4. The molecule has 2 aromatic rings. The van der Waals surface area contributed by atoms with Gasteiger partial charge < -0.3 is 15.7 Å². The van der Waals surface area contributed by atoms with E-state index in [1.54, 1.807) is 0 Å². The normalized spacial score (nSPS) is 13.2. The van der Waals surface area contributed by atoms with Crippen LogP contribution in [0.2, 0.25) is 5.02 Å². The molecule has 0 spiro atoms. The fraction of sp³-hybridized carbons (Fsp3) is 0.391. The van der Waals surface area contributed by atoms with Crippen LogP contribution in [-0.4, -0.2) is 48.5 Å². The van der Waals surface area contributed by atoms with Crippen LogP contribution in [0.25, 0.3) is 0 Å². The summed E-state index contributed by atoms with van der Waals surface area (Å²) in [7, 11) is 0. The van der Waals surface area contributed by atoms with E-state index in [-0.39, 0.29) is 5.91 Å². The molecule has 180 valence electrons. The van der Waals surface area contributed by atoms with Crippen molar-refractivity contribution in [1.82, 2.24) is 10.6 Å². The molecule has 0 fully saturated rings. The van der Waals surface area contributed by atoms with Crippen LogP contribution in [0.4, 0.5) is 13.2 Å². The summed E-state index contributed by atoms with van der Waals surface area (Å²) in [6, 6.07) is 11.8. The van der Waals surface area contributed by atoms with Crippen LogP contribution in [0, 0.1) is 6.92 Å². The molecule has 10 heteroatoms. The molecule has 2 aromatic carbocycles. The van der Waals surface area contributed by atoms with Gasteiger partial charge in [0.15, 0.2) is 0 Å². The van der Waals surface area contributed by atoms with E-state index < -0.39 is 12.1 Å². The lowest BCUT2D eigenvalue weighted by Crippen LogP contribution is -2.24. The number of thioether (sulfide) groups is 1. The zero-order valence-electron chi connectivity index (χ0n) is 18.1. The molecule has 5 nitrogen and oxygen atoms in total. The number of aliphatic carboxylic acids is 1. The molecule has 3 N–H and O–H groups in total. The third-order valence-electron chi connectivity index (χ3n) is 4.84. The van der Waals surface area contributed by atoms with E-state index in [9.17, 15) is 18.0 Å². The number of halogens is 4. The van der Waals surface area contributed by atoms with Crippen molar-refractivity contribution < 1.29 is 27.9 Å². The number of aryl methyl sites for hydroxylation is 1. The first kappa shape index (κ1) is 27.0. The maximum atomic E-state index is 12.1. The molecule has 0 aliphatic carbocycles. The average Bonchev–Trinajstić information content (AvgIpc) is 3.00. The number of carboxylic acid groups (broad SMARTS) is 1. The molecule has 1 heterocycles. The van der Waals surface area contributed by atoms with E-state index >= 15 is 0 Å². The Hall–Kier alpha value is -2.23. The first-order valence-corrected chi connectivity index (χ1v) is 11.7. The summed E-state index contributed by atoms with van der Waals surface area (Å²) in [6.45, 7) is 4.73. The van der Waals surface area contributed by atoms with Gasteiger partial charge >= 0.3 is 12.1 Å². The molecule has 0 unspecified atom stereocenters. The monoisotopic (exact) mass is 502 g/mol. The summed E-state index contributed by atoms with van der Waals surface area (Å²) in [5.74, 6) is -1.82. The Morgan fingerprint density at radius 2 is 1.76 bits per heavy atom. The van der Waals surface area contributed by atoms with E-state index in [1.807, 2.05) is 49.0 Å². The fourth-order valence-corrected chi connectivity index (χ4v) is 4.57. The fourth-order valence-electron chi connectivity index (χ4n) is 3.12. The maximum absolute atomic E-state index is 12.1. The van der Waals surface area contributed by atoms with Gasteiger partial charge in [-0.2, -0.15) is 13.2 Å². The summed E-state index contributed by atoms with van der Waals surface area (Å²) >= 11 is 8.27. The number of fused-ring (bicyclic) bond motifs is 1. The van der Waals surface area contributed by atoms with E-state index in [0.717, 1.165) is 48.7 Å². The lowest BCUT2D eigenvalue weighted by Gasteiger charge is -2.14. The minimum Gasteiger partial charge on any atom is -0.475 e. The van der Waals surface area contributed by atoms with Gasteiger partial charge in [-0.15, -0.1) is 11.8 Å². The molecule has 3 rings (SSSR count). The van der Waals surface area contributed by atoms with Gasteiger partial charge in [-0.05, 0) is 74.4 Å². The van der Waals surface area contributed by atoms with E-state index in [0.29, 0.717) is 12.1 Å². The predicted molar refractivity (Wildman–Crippen MR) is 124 cm³/mol. The van der Waals surface area contributed by atoms with Gasteiger partial charge in [0.1, 0.15) is 0 Å². The van der Waals surface area contributed by atoms with Crippen LogP contribution >= 0.6 is 23.4 Å². The van der Waals surface area contributed by atoms with Crippen molar-refractivity contribution in [1.29, 1.82) is 0 Å². The first-order chi connectivity index (χ1) is 15.6. The van der Waals surface area contributed by atoms with Crippen LogP contribution < -0.4 is 10.6 Å². The minimum absolute atomic E-state index is 0.00677. The minimum atomic E-state index is -5.08. The van der Waals surface area contributed by atoms with Crippen molar-refractivity contribution in [2.45, 2.75) is 37.3 Å². The Labute approximate surface area is 200 Å². The number of rotatable bonds is 6. The van der Waals surface area contributed by atoms with Crippen LogP contribution in [-0.2, 0) is 17.6 Å². The number of carbonyl (C=O) groups is 2. The van der Waals surface area contributed by atoms with Crippen molar-refractivity contribution in [3.05, 3.63) is 63.7 Å². The van der Waals surface area contributed by atoms with Crippen molar-refractivity contribution in [3.63, 3.8) is 0 Å². The second-order valence-corrected chi connectivity index (χ2v) is 8.90. The van der Waals surface area contributed by atoms with Gasteiger partial charge in [-0.3, -0.25) is 4.79 Å². The highest BCUT2D eigenvalue weighted by atomic mass is 35.5. The maximum Gasteiger partial charge on any atom is 0.490 e. The number of hydrogen-bond donors (Lipinski definition) is 3. The van der Waals surface area contributed by atoms with Crippen LogP contribution in [0.15, 0.2) is 41.3 Å². The number of hydrogen-bond acceptors (Lipinski definition) is 4. The Morgan fingerprint density at radius 1 is 1.12 bits per heavy atom. The molecular formula is C23H26ClF3N2O3S. The van der Waals surface area contributed by atoms with Crippen molar-refractivity contribution in [3.8, 4) is 0 Å². The van der Waals surface area contributed by atoms with Crippen molar-refractivity contribution in [2.24, 2.45) is 0 Å². The number of carbonyl (C=O) groups excluding carboxylic acids is 1. The SMILES string of the molecule is Cc1ccc(C(=O)NCCCSc2c(Cl)ccc3c2CCNCC3)cc1.O=C(O)C(F)(F)F. The number of carboxylic acids is 1. The van der Waals surface area contributed by atoms with Crippen molar-refractivity contribution in [2.75, 3.05) is 25.4 Å². The topological polar surface area (TPSA) is 78.4 Å². The van der Waals surface area contributed by atoms with Crippen LogP contribution in [0.3, 0.4) is 0 Å². The molecule has 0 aromatic heterocycles. The quantitative estimate of drug-likeness (QED) is 0.387. The Balaban J connectivity index is 0.000000479. The molecule has 0 saturated heterocycles. The Kier molecular flexibility index (Phi) is 10.5. The Morgan fingerprint density at radius 3 is 2.39 bits per heavy atom. The molecule has 33 heavy (non-hydrogen) atoms. The summed E-state index contributed by atoms with van der Waals surface area (Å²) in [4.78, 5) is 22.2. The smallest absolute Gasteiger partial charge is 0.475 e. The predicted octanol–water partition coefficient (Wildman–Crippen LogP) is 4.88. The number of amides is 1. The van der Waals surface area contributed by atoms with Gasteiger partial charge in [0.05, 0.1) is 5.02 Å². The third kappa shape index (κ3) is 8.91. The highest BCUT2D eigenvalue weighted by molar-refractivity contribution is 7.99. The molecule has 0 saturated carbocycles. The van der Waals surface area contributed by atoms with Gasteiger partial charge in [0.2, 0.25) is 0 Å². The van der Waals surface area contributed by atoms with Crippen molar-refractivity contribution >= 4 is 35.2 Å². The lowest BCUT2D eigenvalue weighted by molar-refractivity contribution is -0.192. The Bertz CT molecular complexity index is 953. The van der Waals surface area contributed by atoms with Gasteiger partial charge in [0.25, 0.3) is 5.91 Å². The number of nitrogens with one attached hydrogen (secondary N) is 2. The lowest BCUT2D eigenvalue weighted by atomic mass is 10.0. The zero-order valence-corrected chi connectivity index (χ0v) is 19.7. The van der Waals surface area contributed by atoms with Gasteiger partial charge in [-0.25, -0.2) is 4.79 Å². The number of alkyl halides is 3. The molecule has 1 amide bonds.